The number of hydrogen-bond donors (Lipinski definition) is 3. The number of carboxylic acids is 1. The number of hydrogen-bond acceptors (Lipinski definition) is 3. The molecule has 0 rings (SSSR count). The summed E-state index contributed by atoms with van der Waals surface area (Å²) in [6.07, 6.45) is 0.0528. The highest BCUT2D eigenvalue weighted by molar-refractivity contribution is 5.81. The number of carbonyl (C=O) groups is 2. The van der Waals surface area contributed by atoms with Crippen molar-refractivity contribution in [3.8, 4) is 0 Å². The summed E-state index contributed by atoms with van der Waals surface area (Å²) in [4.78, 5) is 21.8. The van der Waals surface area contributed by atoms with Gasteiger partial charge in [0.05, 0.1) is 6.04 Å². The molecule has 0 spiro atoms. The first-order valence-corrected chi connectivity index (χ1v) is 5.09. The van der Waals surface area contributed by atoms with E-state index in [1.54, 1.807) is 6.92 Å². The molecule has 0 aliphatic rings. The fraction of sp³-hybridized carbons (Fsp3) is 0.800. The van der Waals surface area contributed by atoms with Crippen LogP contribution >= 0.6 is 0 Å². The lowest BCUT2D eigenvalue weighted by atomic mass is 10.0. The average Bonchev–Trinajstić information content (AvgIpc) is 2.11. The van der Waals surface area contributed by atoms with Crippen molar-refractivity contribution >= 4 is 11.9 Å². The molecule has 0 heterocycles. The number of carbonyl (C=O) groups excluding carboxylic acids is 1. The van der Waals surface area contributed by atoms with E-state index < -0.39 is 12.0 Å². The van der Waals surface area contributed by atoms with Crippen molar-refractivity contribution in [1.29, 1.82) is 0 Å². The summed E-state index contributed by atoms with van der Waals surface area (Å²) in [5.74, 6) is -1.07. The SMILES string of the molecule is CC(CNC(=O)C(N)C(C)C)CC(=O)O. The van der Waals surface area contributed by atoms with Crippen LogP contribution in [0.25, 0.3) is 0 Å². The molecule has 1 amide bonds. The number of nitrogens with one attached hydrogen (secondary N) is 1. The van der Waals surface area contributed by atoms with Crippen molar-refractivity contribution in [2.24, 2.45) is 17.6 Å². The fourth-order valence-electron chi connectivity index (χ4n) is 1.07. The number of nitrogens with two attached hydrogens (primary N) is 1. The van der Waals surface area contributed by atoms with Gasteiger partial charge in [0.2, 0.25) is 5.91 Å². The molecule has 0 aromatic carbocycles. The standard InChI is InChI=1S/C10H20N2O3/c1-6(2)9(11)10(15)12-5-7(3)4-8(13)14/h6-7,9H,4-5,11H2,1-3H3,(H,12,15)(H,13,14). The first-order valence-electron chi connectivity index (χ1n) is 5.09. The maximum Gasteiger partial charge on any atom is 0.303 e. The van der Waals surface area contributed by atoms with Gasteiger partial charge in [-0.3, -0.25) is 9.59 Å². The van der Waals surface area contributed by atoms with Gasteiger partial charge in [-0.15, -0.1) is 0 Å². The molecule has 0 saturated carbocycles. The second kappa shape index (κ2) is 6.40. The molecular weight excluding hydrogens is 196 g/mol. The molecule has 0 bridgehead atoms. The Morgan fingerprint density at radius 2 is 1.87 bits per heavy atom. The number of amides is 1. The summed E-state index contributed by atoms with van der Waals surface area (Å²) in [6, 6.07) is -0.526. The van der Waals surface area contributed by atoms with Crippen LogP contribution in [0.1, 0.15) is 27.2 Å². The molecule has 0 aromatic heterocycles. The van der Waals surface area contributed by atoms with Gasteiger partial charge in [-0.1, -0.05) is 20.8 Å². The average molecular weight is 216 g/mol. The van der Waals surface area contributed by atoms with E-state index in [0.29, 0.717) is 6.54 Å². The molecule has 0 aliphatic heterocycles. The van der Waals surface area contributed by atoms with Gasteiger partial charge in [0.1, 0.15) is 0 Å². The van der Waals surface area contributed by atoms with Crippen LogP contribution in [-0.4, -0.2) is 29.6 Å². The summed E-state index contributed by atoms with van der Waals surface area (Å²) >= 11 is 0. The largest absolute Gasteiger partial charge is 0.481 e. The van der Waals surface area contributed by atoms with Crippen molar-refractivity contribution in [2.45, 2.75) is 33.2 Å². The van der Waals surface area contributed by atoms with Gasteiger partial charge in [-0.25, -0.2) is 0 Å². The first kappa shape index (κ1) is 13.9. The van der Waals surface area contributed by atoms with Crippen LogP contribution in [0.4, 0.5) is 0 Å². The van der Waals surface area contributed by atoms with Gasteiger partial charge >= 0.3 is 5.97 Å². The highest BCUT2D eigenvalue weighted by Gasteiger charge is 2.17. The van der Waals surface area contributed by atoms with E-state index in [9.17, 15) is 9.59 Å². The van der Waals surface area contributed by atoms with E-state index in [1.807, 2.05) is 13.8 Å². The Morgan fingerprint density at radius 1 is 1.33 bits per heavy atom. The van der Waals surface area contributed by atoms with E-state index in [-0.39, 0.29) is 24.2 Å². The number of carboxylic acid groups (broad SMARTS) is 1. The van der Waals surface area contributed by atoms with E-state index in [0.717, 1.165) is 0 Å². The van der Waals surface area contributed by atoms with Gasteiger partial charge in [-0.05, 0) is 11.8 Å². The predicted octanol–water partition coefficient (Wildman–Crippen LogP) is 0.197. The molecule has 0 aliphatic carbocycles. The highest BCUT2D eigenvalue weighted by atomic mass is 16.4. The molecule has 4 N–H and O–H groups in total. The van der Waals surface area contributed by atoms with Gasteiger partial charge < -0.3 is 16.2 Å². The van der Waals surface area contributed by atoms with Crippen LogP contribution in [0.15, 0.2) is 0 Å². The van der Waals surface area contributed by atoms with E-state index >= 15 is 0 Å². The second-order valence-corrected chi connectivity index (χ2v) is 4.22. The smallest absolute Gasteiger partial charge is 0.303 e. The predicted molar refractivity (Wildman–Crippen MR) is 57.2 cm³/mol. The molecule has 5 nitrogen and oxygen atoms in total. The van der Waals surface area contributed by atoms with E-state index in [4.69, 9.17) is 10.8 Å². The van der Waals surface area contributed by atoms with Crippen LogP contribution in [0.3, 0.4) is 0 Å². The topological polar surface area (TPSA) is 92.4 Å². The lowest BCUT2D eigenvalue weighted by Crippen LogP contribution is -2.45. The molecule has 2 atom stereocenters. The van der Waals surface area contributed by atoms with E-state index in [1.165, 1.54) is 0 Å². The van der Waals surface area contributed by atoms with Crippen LogP contribution in [0.2, 0.25) is 0 Å². The summed E-state index contributed by atoms with van der Waals surface area (Å²) in [5, 5.41) is 11.2. The monoisotopic (exact) mass is 216 g/mol. The number of rotatable bonds is 6. The normalized spacial score (nSPS) is 14.7. The van der Waals surface area contributed by atoms with Crippen molar-refractivity contribution in [3.05, 3.63) is 0 Å². The molecule has 0 radical (unpaired) electrons. The maximum absolute atomic E-state index is 11.4. The Hall–Kier alpha value is -1.10. The molecular formula is C10H20N2O3. The lowest BCUT2D eigenvalue weighted by Gasteiger charge is -2.17. The quantitative estimate of drug-likeness (QED) is 0.591. The summed E-state index contributed by atoms with van der Waals surface area (Å²) in [5.41, 5.74) is 5.62. The summed E-state index contributed by atoms with van der Waals surface area (Å²) in [6.45, 7) is 5.86. The summed E-state index contributed by atoms with van der Waals surface area (Å²) < 4.78 is 0. The molecule has 0 saturated heterocycles. The van der Waals surface area contributed by atoms with Gasteiger partial charge in [0.25, 0.3) is 0 Å². The van der Waals surface area contributed by atoms with Gasteiger partial charge in [-0.2, -0.15) is 0 Å². The Kier molecular flexibility index (Phi) is 5.93. The molecule has 15 heavy (non-hydrogen) atoms. The van der Waals surface area contributed by atoms with Gasteiger partial charge in [0.15, 0.2) is 0 Å². The third-order valence-electron chi connectivity index (χ3n) is 2.17. The lowest BCUT2D eigenvalue weighted by molar-refractivity contribution is -0.138. The van der Waals surface area contributed by atoms with Gasteiger partial charge in [0, 0.05) is 13.0 Å². The third kappa shape index (κ3) is 6.06. The molecule has 5 heteroatoms. The first-order chi connectivity index (χ1) is 6.84. The molecule has 88 valence electrons. The van der Waals surface area contributed by atoms with Crippen LogP contribution < -0.4 is 11.1 Å². The highest BCUT2D eigenvalue weighted by Crippen LogP contribution is 2.01. The Morgan fingerprint density at radius 3 is 2.27 bits per heavy atom. The van der Waals surface area contributed by atoms with Crippen molar-refractivity contribution in [1.82, 2.24) is 5.32 Å². The van der Waals surface area contributed by atoms with E-state index in [2.05, 4.69) is 5.32 Å². The zero-order valence-electron chi connectivity index (χ0n) is 9.49. The van der Waals surface area contributed by atoms with Crippen LogP contribution in [0, 0.1) is 11.8 Å². The minimum atomic E-state index is -0.857. The zero-order chi connectivity index (χ0) is 12.0. The number of aliphatic carboxylic acids is 1. The second-order valence-electron chi connectivity index (χ2n) is 4.22. The summed E-state index contributed by atoms with van der Waals surface area (Å²) in [7, 11) is 0. The fourth-order valence-corrected chi connectivity index (χ4v) is 1.07. The van der Waals surface area contributed by atoms with Crippen molar-refractivity contribution < 1.29 is 14.7 Å². The Bertz CT molecular complexity index is 229. The van der Waals surface area contributed by atoms with Crippen molar-refractivity contribution in [2.75, 3.05) is 6.54 Å². The maximum atomic E-state index is 11.4. The van der Waals surface area contributed by atoms with Crippen LogP contribution in [-0.2, 0) is 9.59 Å². The third-order valence-corrected chi connectivity index (χ3v) is 2.17. The Balaban J connectivity index is 3.85. The minimum Gasteiger partial charge on any atom is -0.481 e. The van der Waals surface area contributed by atoms with Crippen molar-refractivity contribution in [3.63, 3.8) is 0 Å². The van der Waals surface area contributed by atoms with Crippen LogP contribution in [0.5, 0.6) is 0 Å². The zero-order valence-corrected chi connectivity index (χ0v) is 9.49. The Labute approximate surface area is 90.0 Å². The molecule has 2 unspecified atom stereocenters. The molecule has 0 aromatic rings. The molecule has 0 fully saturated rings. The minimum absolute atomic E-state index is 0.0528.